The molecule has 0 saturated carbocycles. The van der Waals surface area contributed by atoms with Crippen LogP contribution in [0.1, 0.15) is 31.7 Å². The van der Waals surface area contributed by atoms with E-state index < -0.39 is 0 Å². The molecule has 1 saturated heterocycles. The van der Waals surface area contributed by atoms with Gasteiger partial charge < -0.3 is 9.84 Å². The van der Waals surface area contributed by atoms with Crippen molar-refractivity contribution in [1.29, 1.82) is 5.26 Å². The molecule has 0 atom stereocenters. The first-order valence-electron chi connectivity index (χ1n) is 7.67. The topological polar surface area (TPSA) is 56.5 Å². The van der Waals surface area contributed by atoms with Gasteiger partial charge in [-0.05, 0) is 56.0 Å². The van der Waals surface area contributed by atoms with E-state index in [0.29, 0.717) is 18.8 Å². The number of aliphatic hydroxyl groups excluding tert-OH is 1. The van der Waals surface area contributed by atoms with Crippen LogP contribution in [0, 0.1) is 16.7 Å². The number of aliphatic hydroxyl groups is 1. The van der Waals surface area contributed by atoms with Crippen LogP contribution in [0.15, 0.2) is 24.3 Å². The van der Waals surface area contributed by atoms with Crippen LogP contribution in [-0.2, 0) is 0 Å². The summed E-state index contributed by atoms with van der Waals surface area (Å²) in [5.74, 6) is 0.754. The zero-order valence-electron chi connectivity index (χ0n) is 12.7. The minimum Gasteiger partial charge on any atom is -0.492 e. The molecule has 0 amide bonds. The van der Waals surface area contributed by atoms with E-state index in [1.165, 1.54) is 0 Å². The van der Waals surface area contributed by atoms with Gasteiger partial charge in [-0.15, -0.1) is 0 Å². The predicted molar refractivity (Wildman–Crippen MR) is 82.1 cm³/mol. The second-order valence-corrected chi connectivity index (χ2v) is 5.84. The molecule has 21 heavy (non-hydrogen) atoms. The molecule has 0 spiro atoms. The second-order valence-electron chi connectivity index (χ2n) is 5.84. The fourth-order valence-electron chi connectivity index (χ4n) is 2.82. The van der Waals surface area contributed by atoms with E-state index in [4.69, 9.17) is 10.00 Å². The largest absolute Gasteiger partial charge is 0.492 e. The van der Waals surface area contributed by atoms with E-state index >= 15 is 0 Å². The van der Waals surface area contributed by atoms with Crippen molar-refractivity contribution >= 4 is 0 Å². The zero-order valence-corrected chi connectivity index (χ0v) is 12.7. The van der Waals surface area contributed by atoms with Gasteiger partial charge in [0.25, 0.3) is 0 Å². The average molecular weight is 288 g/mol. The molecule has 0 aliphatic carbocycles. The Morgan fingerprint density at radius 2 is 2.14 bits per heavy atom. The lowest BCUT2D eigenvalue weighted by Gasteiger charge is -2.40. The predicted octanol–water partition coefficient (Wildman–Crippen LogP) is 2.42. The monoisotopic (exact) mass is 288 g/mol. The summed E-state index contributed by atoms with van der Waals surface area (Å²) in [7, 11) is 0. The van der Waals surface area contributed by atoms with Crippen molar-refractivity contribution in [2.75, 3.05) is 32.8 Å². The van der Waals surface area contributed by atoms with Gasteiger partial charge in [-0.25, -0.2) is 0 Å². The van der Waals surface area contributed by atoms with Crippen molar-refractivity contribution in [3.05, 3.63) is 29.8 Å². The number of nitrogens with zero attached hydrogens (tertiary/aromatic N) is 2. The first-order valence-corrected chi connectivity index (χ1v) is 7.67. The average Bonchev–Trinajstić information content (AvgIpc) is 2.56. The van der Waals surface area contributed by atoms with E-state index in [9.17, 15) is 5.11 Å². The first-order chi connectivity index (χ1) is 10.2. The SMILES string of the molecule is CCC1(CO)CCN(CCOc2cccc(C#N)c2)CC1. The van der Waals surface area contributed by atoms with Gasteiger partial charge in [-0.2, -0.15) is 5.26 Å². The van der Waals surface area contributed by atoms with E-state index in [2.05, 4.69) is 17.9 Å². The molecular formula is C17H24N2O2. The zero-order chi connectivity index (χ0) is 15.1. The third-order valence-electron chi connectivity index (χ3n) is 4.64. The molecule has 0 aromatic heterocycles. The van der Waals surface area contributed by atoms with E-state index in [1.807, 2.05) is 12.1 Å². The number of ether oxygens (including phenoxy) is 1. The van der Waals surface area contributed by atoms with Gasteiger partial charge in [0, 0.05) is 13.2 Å². The molecule has 0 bridgehead atoms. The van der Waals surface area contributed by atoms with Crippen molar-refractivity contribution < 1.29 is 9.84 Å². The summed E-state index contributed by atoms with van der Waals surface area (Å²) in [4.78, 5) is 2.39. The van der Waals surface area contributed by atoms with Crippen LogP contribution in [0.2, 0.25) is 0 Å². The van der Waals surface area contributed by atoms with Crippen molar-refractivity contribution in [3.8, 4) is 11.8 Å². The van der Waals surface area contributed by atoms with Crippen LogP contribution in [0.3, 0.4) is 0 Å². The Balaban J connectivity index is 1.74. The first kappa shape index (κ1) is 15.8. The molecule has 1 heterocycles. The lowest BCUT2D eigenvalue weighted by Crippen LogP contribution is -2.43. The number of piperidine rings is 1. The van der Waals surface area contributed by atoms with Crippen LogP contribution >= 0.6 is 0 Å². The lowest BCUT2D eigenvalue weighted by atomic mass is 9.77. The van der Waals surface area contributed by atoms with Crippen LogP contribution < -0.4 is 4.74 Å². The Bertz CT molecular complexity index is 482. The highest BCUT2D eigenvalue weighted by atomic mass is 16.5. The Labute approximate surface area is 127 Å². The molecule has 1 aromatic carbocycles. The normalized spacial score (nSPS) is 18.1. The van der Waals surface area contributed by atoms with Gasteiger partial charge in [0.05, 0.1) is 11.6 Å². The van der Waals surface area contributed by atoms with Crippen molar-refractivity contribution in [2.45, 2.75) is 26.2 Å². The van der Waals surface area contributed by atoms with Gasteiger partial charge in [-0.1, -0.05) is 13.0 Å². The summed E-state index contributed by atoms with van der Waals surface area (Å²) >= 11 is 0. The molecule has 4 heteroatoms. The van der Waals surface area contributed by atoms with E-state index in [1.54, 1.807) is 12.1 Å². The van der Waals surface area contributed by atoms with Crippen LogP contribution in [0.25, 0.3) is 0 Å². The van der Waals surface area contributed by atoms with E-state index in [0.717, 1.165) is 44.6 Å². The third kappa shape index (κ3) is 4.20. The summed E-state index contributed by atoms with van der Waals surface area (Å²) in [5.41, 5.74) is 0.763. The number of hydrogen-bond donors (Lipinski definition) is 1. The Morgan fingerprint density at radius 1 is 1.38 bits per heavy atom. The molecule has 2 rings (SSSR count). The second kappa shape index (κ2) is 7.44. The quantitative estimate of drug-likeness (QED) is 0.873. The fourth-order valence-corrected chi connectivity index (χ4v) is 2.82. The maximum Gasteiger partial charge on any atom is 0.120 e. The molecule has 1 N–H and O–H groups in total. The molecule has 4 nitrogen and oxygen atoms in total. The summed E-state index contributed by atoms with van der Waals surface area (Å²) in [6.07, 6.45) is 3.17. The number of nitriles is 1. The van der Waals surface area contributed by atoms with Crippen molar-refractivity contribution in [2.24, 2.45) is 5.41 Å². The third-order valence-corrected chi connectivity index (χ3v) is 4.64. The van der Waals surface area contributed by atoms with Gasteiger partial charge >= 0.3 is 0 Å². The molecular weight excluding hydrogens is 264 g/mol. The molecule has 0 unspecified atom stereocenters. The highest BCUT2D eigenvalue weighted by Crippen LogP contribution is 2.33. The number of hydrogen-bond acceptors (Lipinski definition) is 4. The maximum absolute atomic E-state index is 9.53. The number of likely N-dealkylation sites (tertiary alicyclic amines) is 1. The van der Waals surface area contributed by atoms with Gasteiger partial charge in [0.15, 0.2) is 0 Å². The standard InChI is InChI=1S/C17H24N2O2/c1-2-17(14-20)6-8-19(9-7-17)10-11-21-16-5-3-4-15(12-16)13-18/h3-5,12,20H,2,6-11,14H2,1H3. The summed E-state index contributed by atoms with van der Waals surface area (Å²) in [6.45, 7) is 6.03. The molecule has 1 aliphatic heterocycles. The van der Waals surface area contributed by atoms with Crippen LogP contribution in [0.5, 0.6) is 5.75 Å². The fraction of sp³-hybridized carbons (Fsp3) is 0.588. The van der Waals surface area contributed by atoms with Gasteiger partial charge in [0.1, 0.15) is 12.4 Å². The molecule has 1 aromatic rings. The molecule has 1 aliphatic rings. The summed E-state index contributed by atoms with van der Waals surface area (Å²) < 4.78 is 5.71. The number of rotatable bonds is 6. The summed E-state index contributed by atoms with van der Waals surface area (Å²) in [5, 5.41) is 18.4. The van der Waals surface area contributed by atoms with Crippen molar-refractivity contribution in [3.63, 3.8) is 0 Å². The molecule has 114 valence electrons. The molecule has 1 fully saturated rings. The van der Waals surface area contributed by atoms with E-state index in [-0.39, 0.29) is 5.41 Å². The van der Waals surface area contributed by atoms with Crippen LogP contribution in [0.4, 0.5) is 0 Å². The number of benzene rings is 1. The Morgan fingerprint density at radius 3 is 2.76 bits per heavy atom. The smallest absolute Gasteiger partial charge is 0.120 e. The Hall–Kier alpha value is -1.57. The highest BCUT2D eigenvalue weighted by molar-refractivity contribution is 5.36. The van der Waals surface area contributed by atoms with Gasteiger partial charge in [0.2, 0.25) is 0 Å². The molecule has 0 radical (unpaired) electrons. The summed E-state index contributed by atoms with van der Waals surface area (Å²) in [6, 6.07) is 9.38. The highest BCUT2D eigenvalue weighted by Gasteiger charge is 2.31. The lowest BCUT2D eigenvalue weighted by molar-refractivity contribution is 0.0366. The van der Waals surface area contributed by atoms with Crippen molar-refractivity contribution in [1.82, 2.24) is 4.90 Å². The van der Waals surface area contributed by atoms with Gasteiger partial charge in [-0.3, -0.25) is 4.90 Å². The maximum atomic E-state index is 9.53. The minimum absolute atomic E-state index is 0.137. The van der Waals surface area contributed by atoms with Crippen LogP contribution in [-0.4, -0.2) is 42.9 Å². The minimum atomic E-state index is 0.137. The Kier molecular flexibility index (Phi) is 5.60.